The number of halogens is 2. The van der Waals surface area contributed by atoms with Gasteiger partial charge in [-0.2, -0.15) is 5.10 Å². The second-order valence-corrected chi connectivity index (χ2v) is 6.15. The third-order valence-electron chi connectivity index (χ3n) is 4.12. The molecule has 1 unspecified atom stereocenters. The van der Waals surface area contributed by atoms with E-state index in [-0.39, 0.29) is 6.10 Å². The lowest BCUT2D eigenvalue weighted by Gasteiger charge is -2.22. The van der Waals surface area contributed by atoms with E-state index in [9.17, 15) is 5.11 Å². The fourth-order valence-electron chi connectivity index (χ4n) is 3.21. The second-order valence-electron chi connectivity index (χ2n) is 5.37. The molecule has 0 bridgehead atoms. The van der Waals surface area contributed by atoms with Crippen molar-refractivity contribution in [3.05, 3.63) is 40.3 Å². The Morgan fingerprint density at radius 2 is 2.19 bits per heavy atom. The maximum atomic E-state index is 10.0. The number of benzene rings is 1. The summed E-state index contributed by atoms with van der Waals surface area (Å²) in [5, 5.41) is 19.0. The van der Waals surface area contributed by atoms with E-state index >= 15 is 0 Å². The Bertz CT molecular complexity index is 823. The van der Waals surface area contributed by atoms with Crippen molar-refractivity contribution in [1.82, 2.24) is 14.8 Å². The molecule has 1 aliphatic rings. The van der Waals surface area contributed by atoms with Gasteiger partial charge < -0.3 is 9.67 Å². The zero-order valence-corrected chi connectivity index (χ0v) is 12.6. The van der Waals surface area contributed by atoms with Crippen LogP contribution in [-0.2, 0) is 13.0 Å². The summed E-state index contributed by atoms with van der Waals surface area (Å²) in [5.41, 5.74) is 4.24. The van der Waals surface area contributed by atoms with Gasteiger partial charge in [-0.1, -0.05) is 29.3 Å². The van der Waals surface area contributed by atoms with E-state index in [0.29, 0.717) is 16.6 Å². The zero-order valence-electron chi connectivity index (χ0n) is 11.1. The first-order valence-electron chi connectivity index (χ1n) is 6.83. The number of aromatic amines is 1. The second kappa shape index (κ2) is 4.77. The average Bonchev–Trinajstić information content (AvgIpc) is 3.07. The Hall–Kier alpha value is -1.49. The number of aromatic nitrogens is 3. The van der Waals surface area contributed by atoms with Crippen LogP contribution < -0.4 is 0 Å². The normalized spacial score (nSPS) is 18.1. The molecular weight excluding hydrogens is 309 g/mol. The van der Waals surface area contributed by atoms with Gasteiger partial charge >= 0.3 is 0 Å². The predicted molar refractivity (Wildman–Crippen MR) is 83.9 cm³/mol. The predicted octanol–water partition coefficient (Wildman–Crippen LogP) is 3.65. The summed E-state index contributed by atoms with van der Waals surface area (Å²) < 4.78 is 2.10. The van der Waals surface area contributed by atoms with Crippen LogP contribution in [0.5, 0.6) is 0 Å². The van der Waals surface area contributed by atoms with Gasteiger partial charge in [0.2, 0.25) is 0 Å². The molecule has 3 aromatic rings. The Labute approximate surface area is 131 Å². The van der Waals surface area contributed by atoms with Crippen molar-refractivity contribution in [2.75, 3.05) is 0 Å². The first-order valence-corrected chi connectivity index (χ1v) is 7.58. The lowest BCUT2D eigenvalue weighted by Crippen LogP contribution is -2.24. The number of aliphatic hydroxyl groups excluding tert-OH is 1. The molecule has 1 aromatic carbocycles. The van der Waals surface area contributed by atoms with Crippen LogP contribution in [0.2, 0.25) is 10.0 Å². The van der Waals surface area contributed by atoms with Gasteiger partial charge in [-0.25, -0.2) is 0 Å². The standard InChI is InChI=1S/C15H13Cl2N3O/c16-11-3-2-10-13(8-5-18-19-6-8)12-4-1-9(21)7-20(12)15(10)14(11)17/h2-3,5-6,9,21H,1,4,7H2,(H,18,19). The van der Waals surface area contributed by atoms with Crippen molar-refractivity contribution in [3.63, 3.8) is 0 Å². The summed E-state index contributed by atoms with van der Waals surface area (Å²) >= 11 is 12.6. The molecule has 0 saturated heterocycles. The Morgan fingerprint density at radius 1 is 1.33 bits per heavy atom. The van der Waals surface area contributed by atoms with E-state index in [4.69, 9.17) is 23.2 Å². The Morgan fingerprint density at radius 3 is 2.95 bits per heavy atom. The van der Waals surface area contributed by atoms with Gasteiger partial charge in [0.1, 0.15) is 0 Å². The van der Waals surface area contributed by atoms with Crippen LogP contribution in [0.15, 0.2) is 24.5 Å². The summed E-state index contributed by atoms with van der Waals surface area (Å²) in [4.78, 5) is 0. The fraction of sp³-hybridized carbons (Fsp3) is 0.267. The number of hydrogen-bond donors (Lipinski definition) is 2. The summed E-state index contributed by atoms with van der Waals surface area (Å²) in [5.74, 6) is 0. The van der Waals surface area contributed by atoms with Crippen LogP contribution in [0.1, 0.15) is 12.1 Å². The van der Waals surface area contributed by atoms with E-state index in [1.54, 1.807) is 0 Å². The number of nitrogens with one attached hydrogen (secondary N) is 1. The third-order valence-corrected chi connectivity index (χ3v) is 4.91. The van der Waals surface area contributed by atoms with E-state index in [1.165, 1.54) is 5.69 Å². The minimum atomic E-state index is -0.347. The van der Waals surface area contributed by atoms with Crippen molar-refractivity contribution >= 4 is 34.1 Å². The molecule has 21 heavy (non-hydrogen) atoms. The monoisotopic (exact) mass is 321 g/mol. The number of aliphatic hydroxyl groups is 1. The maximum absolute atomic E-state index is 10.0. The van der Waals surface area contributed by atoms with Crippen molar-refractivity contribution in [2.45, 2.75) is 25.5 Å². The molecule has 108 valence electrons. The largest absolute Gasteiger partial charge is 0.391 e. The average molecular weight is 322 g/mol. The molecule has 1 atom stereocenters. The molecule has 0 fully saturated rings. The van der Waals surface area contributed by atoms with E-state index in [1.807, 2.05) is 24.5 Å². The number of hydrogen-bond acceptors (Lipinski definition) is 2. The highest BCUT2D eigenvalue weighted by atomic mass is 35.5. The van der Waals surface area contributed by atoms with E-state index in [0.717, 1.165) is 34.9 Å². The number of H-pyrrole nitrogens is 1. The van der Waals surface area contributed by atoms with Gasteiger partial charge in [0.25, 0.3) is 0 Å². The SMILES string of the molecule is OC1CCc2c(-c3cn[nH]c3)c3ccc(Cl)c(Cl)c3n2C1. The van der Waals surface area contributed by atoms with Gasteiger partial charge in [-0.05, 0) is 18.9 Å². The van der Waals surface area contributed by atoms with Gasteiger partial charge in [0.05, 0.1) is 27.9 Å². The van der Waals surface area contributed by atoms with Crippen LogP contribution in [0, 0.1) is 0 Å². The molecule has 3 heterocycles. The molecule has 4 rings (SSSR count). The molecule has 2 aromatic heterocycles. The third kappa shape index (κ3) is 1.90. The van der Waals surface area contributed by atoms with E-state index in [2.05, 4.69) is 14.8 Å². The van der Waals surface area contributed by atoms with Crippen molar-refractivity contribution in [1.29, 1.82) is 0 Å². The highest BCUT2D eigenvalue weighted by Crippen LogP contribution is 2.42. The first kappa shape index (κ1) is 13.2. The lowest BCUT2D eigenvalue weighted by molar-refractivity contribution is 0.133. The quantitative estimate of drug-likeness (QED) is 0.718. The summed E-state index contributed by atoms with van der Waals surface area (Å²) in [6, 6.07) is 3.81. The molecule has 6 heteroatoms. The minimum absolute atomic E-state index is 0.347. The molecule has 1 aliphatic heterocycles. The topological polar surface area (TPSA) is 53.8 Å². The lowest BCUT2D eigenvalue weighted by atomic mass is 10.00. The fourth-order valence-corrected chi connectivity index (χ4v) is 3.63. The van der Waals surface area contributed by atoms with Crippen molar-refractivity contribution in [2.24, 2.45) is 0 Å². The van der Waals surface area contributed by atoms with Gasteiger partial charge in [0.15, 0.2) is 0 Å². The summed E-state index contributed by atoms with van der Waals surface area (Å²) in [6.07, 6.45) is 4.91. The van der Waals surface area contributed by atoms with Crippen LogP contribution in [0.25, 0.3) is 22.0 Å². The molecule has 0 saturated carbocycles. The highest BCUT2D eigenvalue weighted by molar-refractivity contribution is 6.45. The maximum Gasteiger partial charge on any atom is 0.0835 e. The molecular formula is C15H13Cl2N3O. The molecule has 0 aliphatic carbocycles. The van der Waals surface area contributed by atoms with Crippen LogP contribution in [0.4, 0.5) is 0 Å². The van der Waals surface area contributed by atoms with Gasteiger partial charge in [-0.15, -0.1) is 0 Å². The van der Waals surface area contributed by atoms with Crippen LogP contribution >= 0.6 is 23.2 Å². The molecule has 0 spiro atoms. The van der Waals surface area contributed by atoms with Crippen molar-refractivity contribution < 1.29 is 5.11 Å². The highest BCUT2D eigenvalue weighted by Gasteiger charge is 2.26. The molecule has 0 radical (unpaired) electrons. The van der Waals surface area contributed by atoms with Crippen LogP contribution in [-0.4, -0.2) is 26.0 Å². The van der Waals surface area contributed by atoms with Gasteiger partial charge in [-0.3, -0.25) is 5.10 Å². The van der Waals surface area contributed by atoms with Crippen LogP contribution in [0.3, 0.4) is 0 Å². The Balaban J connectivity index is 2.12. The number of rotatable bonds is 1. The molecule has 4 nitrogen and oxygen atoms in total. The molecule has 0 amide bonds. The van der Waals surface area contributed by atoms with E-state index < -0.39 is 0 Å². The molecule has 2 N–H and O–H groups in total. The van der Waals surface area contributed by atoms with Crippen molar-refractivity contribution in [3.8, 4) is 11.1 Å². The number of fused-ring (bicyclic) bond motifs is 3. The summed E-state index contributed by atoms with van der Waals surface area (Å²) in [7, 11) is 0. The zero-order chi connectivity index (χ0) is 14.6. The number of nitrogens with zero attached hydrogens (tertiary/aromatic N) is 2. The summed E-state index contributed by atoms with van der Waals surface area (Å²) in [6.45, 7) is 0.545. The smallest absolute Gasteiger partial charge is 0.0835 e. The van der Waals surface area contributed by atoms with Gasteiger partial charge in [0, 0.05) is 34.9 Å². The minimum Gasteiger partial charge on any atom is -0.391 e. The first-order chi connectivity index (χ1) is 10.2. The Kier molecular flexibility index (Phi) is 2.99.